The third kappa shape index (κ3) is 1.91. The molecule has 0 saturated carbocycles. The number of hydrogen-bond donors (Lipinski definition) is 1. The molecule has 0 atom stereocenters. The van der Waals surface area contributed by atoms with Crippen molar-refractivity contribution in [3.8, 4) is 0 Å². The number of amides is 1. The molecule has 1 N–H and O–H groups in total. The van der Waals surface area contributed by atoms with Gasteiger partial charge in [-0.2, -0.15) is 4.98 Å². The van der Waals surface area contributed by atoms with Crippen molar-refractivity contribution in [2.24, 2.45) is 0 Å². The highest BCUT2D eigenvalue weighted by molar-refractivity contribution is 5.92. The zero-order valence-corrected chi connectivity index (χ0v) is 12.8. The molecule has 7 heteroatoms. The molecule has 0 aliphatic carbocycles. The van der Waals surface area contributed by atoms with Crippen molar-refractivity contribution in [2.75, 3.05) is 6.54 Å². The smallest absolute Gasteiger partial charge is 0.293 e. The lowest BCUT2D eigenvalue weighted by atomic mass is 10.0. The number of fused-ring (bicyclic) bond motifs is 4. The molecule has 7 nitrogen and oxygen atoms in total. The van der Waals surface area contributed by atoms with Crippen molar-refractivity contribution in [3.63, 3.8) is 0 Å². The number of para-hydroxylation sites is 1. The fourth-order valence-electron chi connectivity index (χ4n) is 3.30. The van der Waals surface area contributed by atoms with Crippen LogP contribution < -0.4 is 0 Å². The molecular formula is C17H14N6O. The number of hydrogen-bond acceptors (Lipinski definition) is 4. The molecule has 0 bridgehead atoms. The molecule has 24 heavy (non-hydrogen) atoms. The summed E-state index contributed by atoms with van der Waals surface area (Å²) in [6.07, 6.45) is 4.18. The Balaban J connectivity index is 1.50. The molecule has 1 aliphatic heterocycles. The summed E-state index contributed by atoms with van der Waals surface area (Å²) >= 11 is 0. The van der Waals surface area contributed by atoms with Crippen LogP contribution in [-0.4, -0.2) is 41.9 Å². The second-order valence-corrected chi connectivity index (χ2v) is 5.90. The standard InChI is InChI=1S/C17H14N6O/c24-16(15-20-17-18-7-3-8-23(17)21-15)22-9-6-14-12(10-22)11-4-1-2-5-13(11)19-14/h1-5,7-8,19H,6,9-10H2. The first-order chi connectivity index (χ1) is 11.8. The van der Waals surface area contributed by atoms with Gasteiger partial charge in [-0.3, -0.25) is 4.79 Å². The highest BCUT2D eigenvalue weighted by Crippen LogP contribution is 2.28. The average molecular weight is 318 g/mol. The topological polar surface area (TPSA) is 79.2 Å². The Morgan fingerprint density at radius 2 is 2.12 bits per heavy atom. The number of aromatic amines is 1. The van der Waals surface area contributed by atoms with E-state index < -0.39 is 0 Å². The highest BCUT2D eigenvalue weighted by atomic mass is 16.2. The number of H-pyrrole nitrogens is 1. The predicted octanol–water partition coefficient (Wildman–Crippen LogP) is 1.80. The highest BCUT2D eigenvalue weighted by Gasteiger charge is 2.27. The van der Waals surface area contributed by atoms with Crippen LogP contribution in [0, 0.1) is 0 Å². The molecule has 0 radical (unpaired) electrons. The van der Waals surface area contributed by atoms with Gasteiger partial charge in [0.15, 0.2) is 0 Å². The Morgan fingerprint density at radius 1 is 1.21 bits per heavy atom. The Bertz CT molecular complexity index is 1050. The summed E-state index contributed by atoms with van der Waals surface area (Å²) in [5, 5.41) is 5.41. The van der Waals surface area contributed by atoms with Crippen molar-refractivity contribution in [1.82, 2.24) is 29.5 Å². The minimum atomic E-state index is -0.156. The van der Waals surface area contributed by atoms with Gasteiger partial charge in [0.25, 0.3) is 11.7 Å². The van der Waals surface area contributed by atoms with E-state index in [4.69, 9.17) is 0 Å². The third-order valence-corrected chi connectivity index (χ3v) is 4.48. The van der Waals surface area contributed by atoms with Gasteiger partial charge in [0.1, 0.15) is 0 Å². The van der Waals surface area contributed by atoms with Gasteiger partial charge in [-0.25, -0.2) is 9.50 Å². The molecule has 0 saturated heterocycles. The number of carbonyl (C=O) groups excluding carboxylic acids is 1. The van der Waals surface area contributed by atoms with Gasteiger partial charge in [-0.05, 0) is 12.1 Å². The third-order valence-electron chi connectivity index (χ3n) is 4.48. The molecule has 0 fully saturated rings. The second-order valence-electron chi connectivity index (χ2n) is 5.90. The number of nitrogens with zero attached hydrogens (tertiary/aromatic N) is 5. The molecule has 118 valence electrons. The minimum Gasteiger partial charge on any atom is -0.358 e. The van der Waals surface area contributed by atoms with E-state index in [9.17, 15) is 4.79 Å². The number of nitrogens with one attached hydrogen (secondary N) is 1. The summed E-state index contributed by atoms with van der Waals surface area (Å²) in [4.78, 5) is 26.4. The number of rotatable bonds is 1. The van der Waals surface area contributed by atoms with E-state index in [1.54, 1.807) is 23.4 Å². The Labute approximate surface area is 137 Å². The Kier molecular flexibility index (Phi) is 2.70. The van der Waals surface area contributed by atoms with Crippen molar-refractivity contribution in [3.05, 3.63) is 59.8 Å². The molecule has 0 unspecified atom stereocenters. The zero-order valence-electron chi connectivity index (χ0n) is 12.8. The van der Waals surface area contributed by atoms with Crippen molar-refractivity contribution < 1.29 is 4.79 Å². The maximum absolute atomic E-state index is 12.8. The van der Waals surface area contributed by atoms with E-state index >= 15 is 0 Å². The summed E-state index contributed by atoms with van der Waals surface area (Å²) in [6.45, 7) is 1.22. The fraction of sp³-hybridized carbons (Fsp3) is 0.176. The maximum atomic E-state index is 12.8. The molecule has 3 aromatic heterocycles. The van der Waals surface area contributed by atoms with Gasteiger partial charge in [0.2, 0.25) is 5.82 Å². The van der Waals surface area contributed by atoms with Crippen LogP contribution in [0.4, 0.5) is 0 Å². The van der Waals surface area contributed by atoms with Gasteiger partial charge in [0.05, 0.1) is 0 Å². The van der Waals surface area contributed by atoms with Crippen molar-refractivity contribution >= 4 is 22.6 Å². The van der Waals surface area contributed by atoms with Gasteiger partial charge < -0.3 is 9.88 Å². The molecule has 1 aliphatic rings. The molecule has 5 rings (SSSR count). The van der Waals surface area contributed by atoms with E-state index in [1.165, 1.54) is 21.2 Å². The summed E-state index contributed by atoms with van der Waals surface area (Å²) in [6, 6.07) is 9.95. The van der Waals surface area contributed by atoms with E-state index in [2.05, 4.69) is 32.2 Å². The lowest BCUT2D eigenvalue weighted by Gasteiger charge is -2.26. The molecule has 1 aromatic carbocycles. The molecule has 4 heterocycles. The lowest BCUT2D eigenvalue weighted by molar-refractivity contribution is 0.0723. The fourth-order valence-corrected chi connectivity index (χ4v) is 3.30. The van der Waals surface area contributed by atoms with Gasteiger partial charge >= 0.3 is 0 Å². The van der Waals surface area contributed by atoms with Crippen molar-refractivity contribution in [1.29, 1.82) is 0 Å². The molecular weight excluding hydrogens is 304 g/mol. The van der Waals surface area contributed by atoms with Crippen molar-refractivity contribution in [2.45, 2.75) is 13.0 Å². The van der Waals surface area contributed by atoms with Crippen LogP contribution in [0.15, 0.2) is 42.7 Å². The van der Waals surface area contributed by atoms with Crippen LogP contribution in [-0.2, 0) is 13.0 Å². The van der Waals surface area contributed by atoms with Crippen LogP contribution in [0.5, 0.6) is 0 Å². The Morgan fingerprint density at radius 3 is 3.04 bits per heavy atom. The van der Waals surface area contributed by atoms with Crippen LogP contribution in [0.1, 0.15) is 21.9 Å². The van der Waals surface area contributed by atoms with Gasteiger partial charge in [-0.15, -0.1) is 5.10 Å². The summed E-state index contributed by atoms with van der Waals surface area (Å²) in [7, 11) is 0. The SMILES string of the molecule is O=C(c1nc2ncccn2n1)N1CCc2[nH]c3ccccc3c2C1. The van der Waals surface area contributed by atoms with Crippen LogP contribution in [0.25, 0.3) is 16.7 Å². The first-order valence-corrected chi connectivity index (χ1v) is 7.85. The van der Waals surface area contributed by atoms with Crippen LogP contribution in [0.2, 0.25) is 0 Å². The first-order valence-electron chi connectivity index (χ1n) is 7.85. The first kappa shape index (κ1) is 13.2. The van der Waals surface area contributed by atoms with E-state index in [0.717, 1.165) is 11.9 Å². The Hall–Kier alpha value is -3.22. The van der Waals surface area contributed by atoms with Crippen LogP contribution in [0.3, 0.4) is 0 Å². The number of benzene rings is 1. The quantitative estimate of drug-likeness (QED) is 0.580. The normalized spacial score (nSPS) is 14.2. The number of carbonyl (C=O) groups is 1. The van der Waals surface area contributed by atoms with Gasteiger partial charge in [-0.1, -0.05) is 18.2 Å². The largest absolute Gasteiger partial charge is 0.358 e. The van der Waals surface area contributed by atoms with E-state index in [1.807, 2.05) is 12.1 Å². The van der Waals surface area contributed by atoms with E-state index in [-0.39, 0.29) is 11.7 Å². The molecule has 4 aromatic rings. The minimum absolute atomic E-state index is 0.156. The predicted molar refractivity (Wildman–Crippen MR) is 87.5 cm³/mol. The zero-order chi connectivity index (χ0) is 16.1. The average Bonchev–Trinajstić information content (AvgIpc) is 3.21. The lowest BCUT2D eigenvalue weighted by Crippen LogP contribution is -2.36. The van der Waals surface area contributed by atoms with Gasteiger partial charge in [0, 0.05) is 54.1 Å². The second kappa shape index (κ2) is 4.89. The molecule has 0 spiro atoms. The summed E-state index contributed by atoms with van der Waals surface area (Å²) in [5.74, 6) is 0.471. The maximum Gasteiger partial charge on any atom is 0.293 e. The molecule has 1 amide bonds. The van der Waals surface area contributed by atoms with E-state index in [0.29, 0.717) is 18.9 Å². The van der Waals surface area contributed by atoms with Crippen LogP contribution >= 0.6 is 0 Å². The monoisotopic (exact) mass is 318 g/mol. The number of aromatic nitrogens is 5. The summed E-state index contributed by atoms with van der Waals surface area (Å²) < 4.78 is 1.52. The summed E-state index contributed by atoms with van der Waals surface area (Å²) in [5.41, 5.74) is 3.52.